The van der Waals surface area contributed by atoms with Gasteiger partial charge in [-0.2, -0.15) is 0 Å². The van der Waals surface area contributed by atoms with Gasteiger partial charge < -0.3 is 8.67 Å². The van der Waals surface area contributed by atoms with Crippen molar-refractivity contribution in [2.75, 3.05) is 34.3 Å². The van der Waals surface area contributed by atoms with Crippen LogP contribution in [0.25, 0.3) is 0 Å². The van der Waals surface area contributed by atoms with Gasteiger partial charge in [-0.05, 0) is 0 Å². The molecule has 12 heavy (non-hydrogen) atoms. The van der Waals surface area contributed by atoms with Crippen LogP contribution < -0.4 is 0 Å². The molecule has 0 bridgehead atoms. The topological polar surface area (TPSA) is 26.3 Å². The van der Waals surface area contributed by atoms with E-state index in [1.165, 1.54) is 0 Å². The third-order valence-electron chi connectivity index (χ3n) is 1.29. The Kier molecular flexibility index (Phi) is 5.53. The van der Waals surface area contributed by atoms with Crippen LogP contribution in [0.1, 0.15) is 13.3 Å². The smallest absolute Gasteiger partial charge is 0.215 e. The average molecular weight is 192 g/mol. The molecule has 0 unspecified atom stereocenters. The van der Waals surface area contributed by atoms with Gasteiger partial charge in [-0.25, -0.2) is 0 Å². The molecule has 4 heteroatoms. The summed E-state index contributed by atoms with van der Waals surface area (Å²) >= 11 is 0.968. The Morgan fingerprint density at radius 2 is 2.00 bits per heavy atom. The fourth-order valence-electron chi connectivity index (χ4n) is 0.477. The van der Waals surface area contributed by atoms with Crippen molar-refractivity contribution in [1.29, 1.82) is 0 Å². The second kappa shape index (κ2) is 5.56. The van der Waals surface area contributed by atoms with E-state index >= 15 is 0 Å². The highest BCUT2D eigenvalue weighted by Crippen LogP contribution is 2.06. The molecule has 0 atom stereocenters. The van der Waals surface area contributed by atoms with Crippen molar-refractivity contribution in [3.05, 3.63) is 0 Å². The molecule has 0 rings (SSSR count). The van der Waals surface area contributed by atoms with E-state index in [0.29, 0.717) is 13.0 Å². The van der Waals surface area contributed by atoms with Crippen LogP contribution in [0.4, 0.5) is 0 Å². The number of hydrogen-bond donors (Lipinski definition) is 0. The van der Waals surface area contributed by atoms with Gasteiger partial charge in [0.15, 0.2) is 0 Å². The normalized spacial score (nSPS) is 11.7. The third kappa shape index (κ3) is 8.04. The Morgan fingerprint density at radius 3 is 2.42 bits per heavy atom. The third-order valence-corrected chi connectivity index (χ3v) is 2.05. The molecule has 0 amide bonds. The maximum absolute atomic E-state index is 10.8. The predicted molar refractivity (Wildman–Crippen MR) is 51.7 cm³/mol. The van der Waals surface area contributed by atoms with Crippen molar-refractivity contribution in [1.82, 2.24) is 0 Å². The number of hydrogen-bond acceptors (Lipinski definition) is 3. The molecule has 0 fully saturated rings. The van der Waals surface area contributed by atoms with Gasteiger partial charge in [0, 0.05) is 6.42 Å². The molecular weight excluding hydrogens is 174 g/mol. The first kappa shape index (κ1) is 11.9. The van der Waals surface area contributed by atoms with Crippen LogP contribution >= 0.6 is 12.0 Å². The molecule has 0 aliphatic rings. The highest BCUT2D eigenvalue weighted by molar-refractivity contribution is 8.09. The van der Waals surface area contributed by atoms with Gasteiger partial charge in [-0.15, -0.1) is 0 Å². The fraction of sp³-hybridized carbons (Fsp3) is 0.875. The maximum atomic E-state index is 10.8. The summed E-state index contributed by atoms with van der Waals surface area (Å²) in [6, 6.07) is 0. The lowest BCUT2D eigenvalue weighted by atomic mass is 10.5. The molecule has 0 saturated heterocycles. The molecule has 0 spiro atoms. The van der Waals surface area contributed by atoms with E-state index in [4.69, 9.17) is 4.18 Å². The van der Waals surface area contributed by atoms with Gasteiger partial charge in [0.05, 0.1) is 33.2 Å². The van der Waals surface area contributed by atoms with Crippen molar-refractivity contribution < 1.29 is 13.5 Å². The number of rotatable bonds is 5. The maximum Gasteiger partial charge on any atom is 0.215 e. The quantitative estimate of drug-likeness (QED) is 0.373. The van der Waals surface area contributed by atoms with Gasteiger partial charge in [0.1, 0.15) is 13.2 Å². The molecule has 0 aliphatic carbocycles. The van der Waals surface area contributed by atoms with Crippen LogP contribution in [0.2, 0.25) is 0 Å². The Balaban J connectivity index is 3.28. The number of carbonyl (C=O) groups is 1. The summed E-state index contributed by atoms with van der Waals surface area (Å²) < 4.78 is 5.98. The second-order valence-electron chi connectivity index (χ2n) is 3.64. The lowest BCUT2D eigenvalue weighted by molar-refractivity contribution is -0.870. The number of likely N-dealkylation sites (N-methyl/N-ethyl adjacent to an activating group) is 1. The first-order valence-electron chi connectivity index (χ1n) is 4.08. The van der Waals surface area contributed by atoms with Gasteiger partial charge >= 0.3 is 0 Å². The van der Waals surface area contributed by atoms with E-state index in [-0.39, 0.29) is 5.12 Å². The Labute approximate surface area is 78.9 Å². The lowest BCUT2D eigenvalue weighted by Gasteiger charge is -2.22. The molecule has 0 aromatic rings. The SMILES string of the molecule is CCC(=O)SOCC[N+](C)(C)C. The Morgan fingerprint density at radius 1 is 1.42 bits per heavy atom. The van der Waals surface area contributed by atoms with Crippen LogP contribution in [0.3, 0.4) is 0 Å². The van der Waals surface area contributed by atoms with Crippen molar-refractivity contribution in [2.24, 2.45) is 0 Å². The summed E-state index contributed by atoms with van der Waals surface area (Å²) in [6.45, 7) is 3.38. The highest BCUT2D eigenvalue weighted by Gasteiger charge is 2.07. The van der Waals surface area contributed by atoms with Crippen LogP contribution in [0.5, 0.6) is 0 Å². The molecule has 0 aromatic carbocycles. The van der Waals surface area contributed by atoms with Crippen molar-refractivity contribution in [3.63, 3.8) is 0 Å². The minimum atomic E-state index is 0.0939. The van der Waals surface area contributed by atoms with Crippen LogP contribution in [-0.2, 0) is 8.98 Å². The molecule has 0 saturated carbocycles. The van der Waals surface area contributed by atoms with E-state index in [9.17, 15) is 4.79 Å². The fourth-order valence-corrected chi connectivity index (χ4v) is 0.885. The van der Waals surface area contributed by atoms with E-state index in [1.807, 2.05) is 6.92 Å². The van der Waals surface area contributed by atoms with Crippen LogP contribution in [0.15, 0.2) is 0 Å². The van der Waals surface area contributed by atoms with Gasteiger partial charge in [0.2, 0.25) is 5.12 Å². The van der Waals surface area contributed by atoms with E-state index in [2.05, 4.69) is 21.1 Å². The highest BCUT2D eigenvalue weighted by atomic mass is 32.2. The number of carbonyl (C=O) groups excluding carboxylic acids is 1. The Bertz CT molecular complexity index is 142. The summed E-state index contributed by atoms with van der Waals surface area (Å²) in [7, 11) is 6.28. The number of quaternary nitrogens is 1. The monoisotopic (exact) mass is 192 g/mol. The van der Waals surface area contributed by atoms with Gasteiger partial charge in [0.25, 0.3) is 0 Å². The molecule has 0 heterocycles. The molecular formula is C8H18NO2S+. The Hall–Kier alpha value is -0.0600. The van der Waals surface area contributed by atoms with E-state index in [1.54, 1.807) is 0 Å². The lowest BCUT2D eigenvalue weighted by Crippen LogP contribution is -2.37. The number of nitrogens with zero attached hydrogens (tertiary/aromatic N) is 1. The summed E-state index contributed by atoms with van der Waals surface area (Å²) in [5.74, 6) is 0. The second-order valence-corrected chi connectivity index (χ2v) is 4.50. The predicted octanol–water partition coefficient (Wildman–Crippen LogP) is 1.29. The van der Waals surface area contributed by atoms with Crippen molar-refractivity contribution >= 4 is 17.2 Å². The van der Waals surface area contributed by atoms with Crippen molar-refractivity contribution in [3.8, 4) is 0 Å². The summed E-state index contributed by atoms with van der Waals surface area (Å²) in [5, 5.41) is 0.0939. The molecule has 3 nitrogen and oxygen atoms in total. The molecule has 0 aliphatic heterocycles. The standard InChI is InChI=1S/C8H18NO2S/c1-5-8(10)12-11-7-6-9(2,3)4/h5-7H2,1-4H3/q+1. The first-order chi connectivity index (χ1) is 5.45. The summed E-state index contributed by atoms with van der Waals surface area (Å²) in [6.07, 6.45) is 0.537. The molecule has 72 valence electrons. The minimum Gasteiger partial charge on any atom is -0.329 e. The average Bonchev–Trinajstić information content (AvgIpc) is 1.96. The summed E-state index contributed by atoms with van der Waals surface area (Å²) in [5.41, 5.74) is 0. The summed E-state index contributed by atoms with van der Waals surface area (Å²) in [4.78, 5) is 10.8. The zero-order chi connectivity index (χ0) is 9.61. The van der Waals surface area contributed by atoms with Crippen LogP contribution in [-0.4, -0.2) is 43.9 Å². The molecule has 0 radical (unpaired) electrons. The van der Waals surface area contributed by atoms with Gasteiger partial charge in [-0.1, -0.05) is 6.92 Å². The largest absolute Gasteiger partial charge is 0.329 e. The first-order valence-corrected chi connectivity index (χ1v) is 4.82. The zero-order valence-electron chi connectivity index (χ0n) is 8.29. The zero-order valence-corrected chi connectivity index (χ0v) is 9.11. The van der Waals surface area contributed by atoms with E-state index in [0.717, 1.165) is 23.1 Å². The van der Waals surface area contributed by atoms with Crippen molar-refractivity contribution in [2.45, 2.75) is 13.3 Å². The van der Waals surface area contributed by atoms with Crippen LogP contribution in [0, 0.1) is 0 Å². The molecule has 0 aromatic heterocycles. The van der Waals surface area contributed by atoms with Gasteiger partial charge in [-0.3, -0.25) is 4.79 Å². The minimum absolute atomic E-state index is 0.0939. The van der Waals surface area contributed by atoms with E-state index < -0.39 is 0 Å². The molecule has 0 N–H and O–H groups in total.